The highest BCUT2D eigenvalue weighted by Crippen LogP contribution is 2.41. The molecule has 1 saturated carbocycles. The second-order valence-electron chi connectivity index (χ2n) is 5.66. The molecule has 0 radical (unpaired) electrons. The van der Waals surface area contributed by atoms with E-state index in [2.05, 4.69) is 0 Å². The van der Waals surface area contributed by atoms with Gasteiger partial charge >= 0.3 is 0 Å². The first kappa shape index (κ1) is 14.3. The summed E-state index contributed by atoms with van der Waals surface area (Å²) in [6.07, 6.45) is 3.37. The summed E-state index contributed by atoms with van der Waals surface area (Å²) in [6, 6.07) is 7.77. The predicted octanol–water partition coefficient (Wildman–Crippen LogP) is 2.67. The van der Waals surface area contributed by atoms with Gasteiger partial charge < -0.3 is 0 Å². The lowest BCUT2D eigenvalue weighted by Crippen LogP contribution is -2.38. The number of carbonyl (C=O) groups excluding carboxylic acids is 3. The number of imide groups is 1. The molecule has 0 N–H and O–H groups in total. The van der Waals surface area contributed by atoms with Gasteiger partial charge in [-0.2, -0.15) is 0 Å². The van der Waals surface area contributed by atoms with E-state index >= 15 is 0 Å². The molecule has 0 unspecified atom stereocenters. The third-order valence-electron chi connectivity index (χ3n) is 4.46. The van der Waals surface area contributed by atoms with Crippen LogP contribution in [0.2, 0.25) is 0 Å². The fourth-order valence-corrected chi connectivity index (χ4v) is 3.68. The second kappa shape index (κ2) is 5.60. The smallest absolute Gasteiger partial charge is 0.249 e. The number of carbonyl (C=O) groups is 3. The summed E-state index contributed by atoms with van der Waals surface area (Å²) in [5.41, 5.74) is 0.581. The van der Waals surface area contributed by atoms with E-state index in [-0.39, 0.29) is 23.7 Å². The Morgan fingerprint density at radius 3 is 2.05 bits per heavy atom. The van der Waals surface area contributed by atoms with E-state index in [4.69, 9.17) is 11.6 Å². The fourth-order valence-electron chi connectivity index (χ4n) is 3.46. The van der Waals surface area contributed by atoms with Crippen LogP contribution < -0.4 is 0 Å². The summed E-state index contributed by atoms with van der Waals surface area (Å²) in [6.45, 7) is 0. The molecule has 1 heterocycles. The zero-order valence-electron chi connectivity index (χ0n) is 11.5. The zero-order valence-corrected chi connectivity index (χ0v) is 12.3. The molecule has 2 fully saturated rings. The largest absolute Gasteiger partial charge is 0.279 e. The van der Waals surface area contributed by atoms with Crippen molar-refractivity contribution in [2.45, 2.75) is 31.7 Å². The van der Waals surface area contributed by atoms with Crippen LogP contribution in [0, 0.1) is 11.8 Å². The Morgan fingerprint density at radius 1 is 1.05 bits per heavy atom. The summed E-state index contributed by atoms with van der Waals surface area (Å²) < 4.78 is 0. The zero-order chi connectivity index (χ0) is 15.0. The lowest BCUT2D eigenvalue weighted by molar-refractivity contribution is -0.145. The van der Waals surface area contributed by atoms with E-state index in [1.165, 1.54) is 0 Å². The monoisotopic (exact) mass is 305 g/mol. The SMILES string of the molecule is O=C(Cl)[C@H](c1ccccc1)N1C(=O)[C@H]2CCCC[C@H]2C1=O. The third-order valence-corrected chi connectivity index (χ3v) is 4.67. The van der Waals surface area contributed by atoms with Crippen LogP contribution in [0.25, 0.3) is 0 Å². The summed E-state index contributed by atoms with van der Waals surface area (Å²) >= 11 is 5.70. The molecule has 21 heavy (non-hydrogen) atoms. The van der Waals surface area contributed by atoms with Crippen LogP contribution in [-0.2, 0) is 14.4 Å². The Bertz CT molecular complexity index is 562. The molecule has 0 spiro atoms. The molecule has 0 bridgehead atoms. The Hall–Kier alpha value is -1.68. The third kappa shape index (κ3) is 2.38. The second-order valence-corrected chi connectivity index (χ2v) is 6.03. The first-order chi connectivity index (χ1) is 10.1. The average molecular weight is 306 g/mol. The van der Waals surface area contributed by atoms with E-state index in [0.29, 0.717) is 5.56 Å². The number of rotatable bonds is 3. The van der Waals surface area contributed by atoms with Gasteiger partial charge in [0.25, 0.3) is 0 Å². The van der Waals surface area contributed by atoms with Crippen LogP contribution in [0.3, 0.4) is 0 Å². The molecule has 1 aromatic rings. The van der Waals surface area contributed by atoms with Gasteiger partial charge in [-0.1, -0.05) is 43.2 Å². The van der Waals surface area contributed by atoms with Crippen molar-refractivity contribution < 1.29 is 14.4 Å². The highest BCUT2D eigenvalue weighted by molar-refractivity contribution is 6.65. The van der Waals surface area contributed by atoms with Crippen LogP contribution >= 0.6 is 11.6 Å². The molecule has 2 amide bonds. The summed E-state index contributed by atoms with van der Waals surface area (Å²) in [5.74, 6) is -1.03. The van der Waals surface area contributed by atoms with Crippen molar-refractivity contribution in [3.63, 3.8) is 0 Å². The first-order valence-electron chi connectivity index (χ1n) is 7.22. The van der Waals surface area contributed by atoms with Gasteiger partial charge in [0.1, 0.15) is 6.04 Å². The Labute approximate surface area is 128 Å². The van der Waals surface area contributed by atoms with Gasteiger partial charge in [0.2, 0.25) is 17.1 Å². The van der Waals surface area contributed by atoms with E-state index < -0.39 is 11.3 Å². The highest BCUT2D eigenvalue weighted by Gasteiger charge is 2.51. The van der Waals surface area contributed by atoms with E-state index in [1.807, 2.05) is 6.07 Å². The Kier molecular flexibility index (Phi) is 3.81. The molecule has 2 aliphatic rings. The molecule has 0 aromatic heterocycles. The normalized spacial score (nSPS) is 26.6. The van der Waals surface area contributed by atoms with Crippen LogP contribution in [0.15, 0.2) is 30.3 Å². The van der Waals surface area contributed by atoms with Gasteiger partial charge in [-0.05, 0) is 30.0 Å². The van der Waals surface area contributed by atoms with Gasteiger partial charge in [-0.15, -0.1) is 0 Å². The molecular weight excluding hydrogens is 290 g/mol. The van der Waals surface area contributed by atoms with Crippen LogP contribution in [0.1, 0.15) is 37.3 Å². The van der Waals surface area contributed by atoms with Crippen molar-refractivity contribution in [1.82, 2.24) is 4.90 Å². The predicted molar refractivity (Wildman–Crippen MR) is 77.3 cm³/mol. The van der Waals surface area contributed by atoms with Crippen molar-refractivity contribution in [2.24, 2.45) is 11.8 Å². The van der Waals surface area contributed by atoms with Gasteiger partial charge in [-0.25, -0.2) is 0 Å². The number of hydrogen-bond acceptors (Lipinski definition) is 3. The van der Waals surface area contributed by atoms with Gasteiger partial charge in [0.05, 0.1) is 11.8 Å². The quantitative estimate of drug-likeness (QED) is 0.637. The van der Waals surface area contributed by atoms with E-state index in [9.17, 15) is 14.4 Å². The fraction of sp³-hybridized carbons (Fsp3) is 0.438. The number of fused-ring (bicyclic) bond motifs is 1. The molecule has 1 aliphatic carbocycles. The minimum Gasteiger partial charge on any atom is -0.279 e. The standard InChI is InChI=1S/C16H16ClNO3/c17-14(19)13(10-6-2-1-3-7-10)18-15(20)11-8-4-5-9-12(11)16(18)21/h1-3,6-7,11-13H,4-5,8-9H2/t11-,12+,13-/m0/s1. The molecule has 5 heteroatoms. The lowest BCUT2D eigenvalue weighted by Gasteiger charge is -2.23. The lowest BCUT2D eigenvalue weighted by atomic mass is 9.81. The molecule has 3 atom stereocenters. The van der Waals surface area contributed by atoms with E-state index in [1.54, 1.807) is 24.3 Å². The summed E-state index contributed by atoms with van der Waals surface area (Å²) in [7, 11) is 0. The maximum Gasteiger partial charge on any atom is 0.249 e. The minimum atomic E-state index is -1.00. The Balaban J connectivity index is 1.98. The van der Waals surface area contributed by atoms with Gasteiger partial charge in [0, 0.05) is 0 Å². The van der Waals surface area contributed by atoms with Crippen molar-refractivity contribution >= 4 is 28.7 Å². The topological polar surface area (TPSA) is 54.5 Å². The number of benzene rings is 1. The van der Waals surface area contributed by atoms with Gasteiger partial charge in [-0.3, -0.25) is 19.3 Å². The first-order valence-corrected chi connectivity index (χ1v) is 7.60. The number of likely N-dealkylation sites (tertiary alicyclic amines) is 1. The Morgan fingerprint density at radius 2 is 1.57 bits per heavy atom. The van der Waals surface area contributed by atoms with Crippen LogP contribution in [0.5, 0.6) is 0 Å². The summed E-state index contributed by atoms with van der Waals surface area (Å²) in [4.78, 5) is 38.1. The molecular formula is C16H16ClNO3. The maximum absolute atomic E-state index is 12.6. The van der Waals surface area contributed by atoms with Crippen molar-refractivity contribution in [2.75, 3.05) is 0 Å². The summed E-state index contributed by atoms with van der Waals surface area (Å²) in [5, 5.41) is -0.693. The number of hydrogen-bond donors (Lipinski definition) is 0. The minimum absolute atomic E-state index is 0.243. The van der Waals surface area contributed by atoms with Crippen molar-refractivity contribution in [1.29, 1.82) is 0 Å². The molecule has 1 aromatic carbocycles. The number of amides is 2. The molecule has 4 nitrogen and oxygen atoms in total. The maximum atomic E-state index is 12.6. The van der Waals surface area contributed by atoms with Crippen LogP contribution in [-0.4, -0.2) is 22.0 Å². The van der Waals surface area contributed by atoms with Crippen molar-refractivity contribution in [3.8, 4) is 0 Å². The van der Waals surface area contributed by atoms with Gasteiger partial charge in [0.15, 0.2) is 0 Å². The molecule has 3 rings (SSSR count). The highest BCUT2D eigenvalue weighted by atomic mass is 35.5. The molecule has 1 aliphatic heterocycles. The molecule has 1 saturated heterocycles. The average Bonchev–Trinajstić information content (AvgIpc) is 2.74. The number of halogens is 1. The van der Waals surface area contributed by atoms with Crippen molar-refractivity contribution in [3.05, 3.63) is 35.9 Å². The van der Waals surface area contributed by atoms with E-state index in [0.717, 1.165) is 30.6 Å². The van der Waals surface area contributed by atoms with Crippen LogP contribution in [0.4, 0.5) is 0 Å². The molecule has 110 valence electrons. The number of nitrogens with zero attached hydrogens (tertiary/aromatic N) is 1.